The van der Waals surface area contributed by atoms with Gasteiger partial charge in [0.2, 0.25) is 0 Å². The van der Waals surface area contributed by atoms with E-state index in [1.54, 1.807) is 28.9 Å². The van der Waals surface area contributed by atoms with Gasteiger partial charge in [-0.1, -0.05) is 86.1 Å². The number of rotatable bonds is 15. The van der Waals surface area contributed by atoms with E-state index >= 15 is 0 Å². The number of aliphatic carboxylic acids is 1. The molecule has 0 aliphatic carbocycles. The molecule has 0 saturated heterocycles. The van der Waals surface area contributed by atoms with Crippen LogP contribution < -0.4 is 0 Å². The standard InChI is InChI=1S/C34H36N2O7S/c1-3-9-28-20-30(31(38)19-27(33(39)34(40)41)18-24-10-5-4-6-11-24)35-36(28)21-25-14-16-26(17-15-25)29-12-7-8-13-32(29)44(42,43)22-23(2)37/h4-8,10-17,20,27,33,39H,3,9,18-19,21-22H2,1-2H3,(H,40,41)/t27-,33+/m0/s1. The van der Waals surface area contributed by atoms with Gasteiger partial charge in [-0.05, 0) is 48.6 Å². The summed E-state index contributed by atoms with van der Waals surface area (Å²) in [6, 6.07) is 24.8. The average molecular weight is 617 g/mol. The minimum absolute atomic E-state index is 0.0991. The molecule has 0 bridgehead atoms. The second kappa shape index (κ2) is 14.4. The lowest BCUT2D eigenvalue weighted by Crippen LogP contribution is -2.32. The van der Waals surface area contributed by atoms with Crippen molar-refractivity contribution in [3.63, 3.8) is 0 Å². The zero-order valence-electron chi connectivity index (χ0n) is 24.7. The first-order chi connectivity index (χ1) is 21.0. The third-order valence-corrected chi connectivity index (χ3v) is 9.17. The molecule has 10 heteroatoms. The van der Waals surface area contributed by atoms with Gasteiger partial charge in [-0.3, -0.25) is 14.3 Å². The Morgan fingerprint density at radius 1 is 0.909 bits per heavy atom. The highest BCUT2D eigenvalue weighted by molar-refractivity contribution is 7.92. The van der Waals surface area contributed by atoms with Crippen molar-refractivity contribution in [1.82, 2.24) is 9.78 Å². The SMILES string of the molecule is CCCc1cc(C(=O)C[C@H](Cc2ccccc2)[C@@H](O)C(=O)O)nn1Cc1ccc(-c2ccccc2S(=O)(=O)CC(C)=O)cc1. The summed E-state index contributed by atoms with van der Waals surface area (Å²) in [5.41, 5.74) is 3.95. The lowest BCUT2D eigenvalue weighted by Gasteiger charge is -2.19. The van der Waals surface area contributed by atoms with Crippen molar-refractivity contribution in [2.45, 2.75) is 57.1 Å². The summed E-state index contributed by atoms with van der Waals surface area (Å²) in [4.78, 5) is 36.6. The average Bonchev–Trinajstić information content (AvgIpc) is 3.39. The van der Waals surface area contributed by atoms with E-state index < -0.39 is 39.4 Å². The normalized spacial score (nSPS) is 12.9. The minimum Gasteiger partial charge on any atom is -0.479 e. The molecule has 4 rings (SSSR count). The first-order valence-electron chi connectivity index (χ1n) is 14.4. The Morgan fingerprint density at radius 3 is 2.20 bits per heavy atom. The van der Waals surface area contributed by atoms with Crippen molar-refractivity contribution in [2.75, 3.05) is 5.75 Å². The van der Waals surface area contributed by atoms with Crippen LogP contribution in [-0.4, -0.2) is 57.8 Å². The van der Waals surface area contributed by atoms with Gasteiger partial charge in [0.15, 0.2) is 21.7 Å². The number of aromatic nitrogens is 2. The van der Waals surface area contributed by atoms with Gasteiger partial charge in [0.25, 0.3) is 0 Å². The molecule has 2 atom stereocenters. The van der Waals surface area contributed by atoms with Crippen LogP contribution in [0.2, 0.25) is 0 Å². The highest BCUT2D eigenvalue weighted by Gasteiger charge is 2.29. The Bertz CT molecular complexity index is 1730. The molecule has 1 heterocycles. The molecule has 1 aromatic heterocycles. The van der Waals surface area contributed by atoms with Gasteiger partial charge in [0, 0.05) is 23.6 Å². The van der Waals surface area contributed by atoms with E-state index in [1.807, 2.05) is 61.5 Å². The lowest BCUT2D eigenvalue weighted by molar-refractivity contribution is -0.149. The van der Waals surface area contributed by atoms with Gasteiger partial charge in [-0.2, -0.15) is 5.10 Å². The molecule has 0 radical (unpaired) electrons. The largest absolute Gasteiger partial charge is 0.479 e. The summed E-state index contributed by atoms with van der Waals surface area (Å²) in [5.74, 6) is -3.54. The lowest BCUT2D eigenvalue weighted by atomic mass is 9.88. The molecule has 2 N–H and O–H groups in total. The van der Waals surface area contributed by atoms with Crippen LogP contribution in [0.1, 0.15) is 54.0 Å². The fraction of sp³-hybridized carbons (Fsp3) is 0.294. The van der Waals surface area contributed by atoms with Gasteiger partial charge in [-0.25, -0.2) is 13.2 Å². The Balaban J connectivity index is 1.55. The second-order valence-electron chi connectivity index (χ2n) is 10.9. The first kappa shape index (κ1) is 32.5. The number of aliphatic hydroxyl groups is 1. The van der Waals surface area contributed by atoms with Crippen molar-refractivity contribution < 1.29 is 33.0 Å². The van der Waals surface area contributed by atoms with E-state index in [2.05, 4.69) is 5.10 Å². The van der Waals surface area contributed by atoms with Crippen molar-refractivity contribution in [1.29, 1.82) is 0 Å². The third-order valence-electron chi connectivity index (χ3n) is 7.36. The number of aryl methyl sites for hydroxylation is 1. The minimum atomic E-state index is -3.80. The maximum Gasteiger partial charge on any atom is 0.332 e. The second-order valence-corrected chi connectivity index (χ2v) is 12.9. The van der Waals surface area contributed by atoms with Crippen molar-refractivity contribution in [2.24, 2.45) is 5.92 Å². The quantitative estimate of drug-likeness (QED) is 0.182. The molecule has 0 unspecified atom stereocenters. The van der Waals surface area contributed by atoms with E-state index in [4.69, 9.17) is 0 Å². The highest BCUT2D eigenvalue weighted by atomic mass is 32.2. The highest BCUT2D eigenvalue weighted by Crippen LogP contribution is 2.29. The Labute approximate surface area is 257 Å². The molecule has 0 aliphatic heterocycles. The number of carbonyl (C=O) groups is 3. The molecule has 0 saturated carbocycles. The number of carbonyl (C=O) groups excluding carboxylic acids is 2. The Morgan fingerprint density at radius 2 is 1.57 bits per heavy atom. The summed E-state index contributed by atoms with van der Waals surface area (Å²) >= 11 is 0. The summed E-state index contributed by atoms with van der Waals surface area (Å²) in [6.07, 6.45) is -0.152. The molecule has 3 aromatic carbocycles. The zero-order valence-corrected chi connectivity index (χ0v) is 25.5. The van der Waals surface area contributed by atoms with Crippen LogP contribution in [0.5, 0.6) is 0 Å². The van der Waals surface area contributed by atoms with Gasteiger partial charge in [0.05, 0.1) is 11.4 Å². The van der Waals surface area contributed by atoms with Crippen LogP contribution in [0.3, 0.4) is 0 Å². The number of benzene rings is 3. The van der Waals surface area contributed by atoms with Crippen LogP contribution >= 0.6 is 0 Å². The monoisotopic (exact) mass is 616 g/mol. The smallest absolute Gasteiger partial charge is 0.332 e. The Hall–Kier alpha value is -4.41. The molecule has 0 fully saturated rings. The summed E-state index contributed by atoms with van der Waals surface area (Å²) in [5, 5.41) is 24.4. The number of sulfone groups is 1. The third kappa shape index (κ3) is 8.15. The number of aliphatic hydroxyl groups excluding tert-OH is 1. The Kier molecular flexibility index (Phi) is 10.6. The zero-order chi connectivity index (χ0) is 31.9. The number of hydrogen-bond donors (Lipinski definition) is 2. The van der Waals surface area contributed by atoms with E-state index in [0.717, 1.165) is 23.2 Å². The molecule has 4 aromatic rings. The number of ketones is 2. The number of Topliss-reactive ketones (excluding diaryl/α,β-unsaturated/α-hetero) is 2. The fourth-order valence-corrected chi connectivity index (χ4v) is 6.72. The molecule has 0 spiro atoms. The van der Waals surface area contributed by atoms with E-state index in [1.165, 1.54) is 13.0 Å². The van der Waals surface area contributed by atoms with Crippen molar-refractivity contribution >= 4 is 27.4 Å². The van der Waals surface area contributed by atoms with E-state index in [-0.39, 0.29) is 29.2 Å². The van der Waals surface area contributed by atoms with E-state index in [9.17, 15) is 33.0 Å². The van der Waals surface area contributed by atoms with Gasteiger partial charge < -0.3 is 10.2 Å². The molecular formula is C34H36N2O7S. The summed E-state index contributed by atoms with van der Waals surface area (Å²) in [6.45, 7) is 3.63. The molecule has 230 valence electrons. The number of carboxylic acids is 1. The summed E-state index contributed by atoms with van der Waals surface area (Å²) < 4.78 is 27.4. The molecule has 44 heavy (non-hydrogen) atoms. The van der Waals surface area contributed by atoms with Crippen LogP contribution in [0.15, 0.2) is 89.8 Å². The molecular weight excluding hydrogens is 580 g/mol. The summed E-state index contributed by atoms with van der Waals surface area (Å²) in [7, 11) is -3.80. The van der Waals surface area contributed by atoms with Crippen LogP contribution in [0, 0.1) is 5.92 Å². The van der Waals surface area contributed by atoms with Gasteiger partial charge in [-0.15, -0.1) is 0 Å². The number of carboxylic acid groups (broad SMARTS) is 1. The van der Waals surface area contributed by atoms with Crippen LogP contribution in [0.4, 0.5) is 0 Å². The topological polar surface area (TPSA) is 144 Å². The molecule has 0 aliphatic rings. The van der Waals surface area contributed by atoms with Crippen molar-refractivity contribution in [3.8, 4) is 11.1 Å². The number of nitrogens with zero attached hydrogens (tertiary/aromatic N) is 2. The van der Waals surface area contributed by atoms with Crippen LogP contribution in [-0.2, 0) is 38.8 Å². The fourth-order valence-electron chi connectivity index (χ4n) is 5.23. The van der Waals surface area contributed by atoms with Crippen molar-refractivity contribution in [3.05, 3.63) is 107 Å². The molecule has 9 nitrogen and oxygen atoms in total. The van der Waals surface area contributed by atoms with Gasteiger partial charge in [0.1, 0.15) is 17.2 Å². The first-order valence-corrected chi connectivity index (χ1v) is 16.1. The molecule has 0 amide bonds. The number of hydrogen-bond acceptors (Lipinski definition) is 7. The maximum atomic E-state index is 13.3. The maximum absolute atomic E-state index is 13.3. The predicted octanol–water partition coefficient (Wildman–Crippen LogP) is 4.79. The van der Waals surface area contributed by atoms with Crippen LogP contribution in [0.25, 0.3) is 11.1 Å². The predicted molar refractivity (Wildman–Crippen MR) is 166 cm³/mol. The van der Waals surface area contributed by atoms with E-state index in [0.29, 0.717) is 24.1 Å². The van der Waals surface area contributed by atoms with Gasteiger partial charge >= 0.3 is 5.97 Å².